The van der Waals surface area contributed by atoms with E-state index in [4.69, 9.17) is 0 Å². The van der Waals surface area contributed by atoms with Crippen molar-refractivity contribution in [2.45, 2.75) is 31.8 Å². The van der Waals surface area contributed by atoms with Gasteiger partial charge in [0.25, 0.3) is 0 Å². The fourth-order valence-corrected chi connectivity index (χ4v) is 4.15. The van der Waals surface area contributed by atoms with Crippen LogP contribution in [-0.4, -0.2) is 32.8 Å². The van der Waals surface area contributed by atoms with Gasteiger partial charge in [0.05, 0.1) is 5.75 Å². The fraction of sp³-hybridized carbons (Fsp3) is 0.368. The van der Waals surface area contributed by atoms with Crippen molar-refractivity contribution in [3.05, 3.63) is 59.9 Å². The Balaban J connectivity index is 0.00000243. The molecule has 1 fully saturated rings. The monoisotopic (exact) mass is 398 g/mol. The van der Waals surface area contributed by atoms with Crippen molar-refractivity contribution in [1.82, 2.24) is 10.0 Å². The second-order valence-electron chi connectivity index (χ2n) is 6.39. The van der Waals surface area contributed by atoms with Gasteiger partial charge < -0.3 is 5.32 Å². The Hall–Kier alpha value is -1.47. The fourth-order valence-electron chi connectivity index (χ4n) is 3.24. The smallest absolute Gasteiger partial charge is 0.211 e. The topological polar surface area (TPSA) is 58.2 Å². The average Bonchev–Trinajstić information content (AvgIpc) is 3.01. The zero-order valence-electron chi connectivity index (χ0n) is 14.6. The molecule has 2 atom stereocenters. The number of nitrogens with one attached hydrogen (secondary N) is 2. The van der Waals surface area contributed by atoms with Crippen molar-refractivity contribution < 1.29 is 12.8 Å². The van der Waals surface area contributed by atoms with Crippen LogP contribution in [0.3, 0.4) is 0 Å². The van der Waals surface area contributed by atoms with Gasteiger partial charge in [-0.2, -0.15) is 0 Å². The molecule has 1 aliphatic heterocycles. The van der Waals surface area contributed by atoms with Crippen LogP contribution < -0.4 is 10.0 Å². The predicted molar refractivity (Wildman–Crippen MR) is 106 cm³/mol. The molecule has 142 valence electrons. The molecule has 1 heterocycles. The number of hydrogen-bond donors (Lipinski definition) is 2. The van der Waals surface area contributed by atoms with Crippen molar-refractivity contribution in [2.75, 3.05) is 12.3 Å². The van der Waals surface area contributed by atoms with Crippen LogP contribution in [0.15, 0.2) is 48.5 Å². The first-order valence-corrected chi connectivity index (χ1v) is 10.2. The maximum atomic E-state index is 13.4. The first-order chi connectivity index (χ1) is 12.0. The summed E-state index contributed by atoms with van der Waals surface area (Å²) < 4.78 is 39.9. The van der Waals surface area contributed by atoms with Crippen molar-refractivity contribution in [2.24, 2.45) is 0 Å². The summed E-state index contributed by atoms with van der Waals surface area (Å²) in [6.45, 7) is 2.44. The highest BCUT2D eigenvalue weighted by Gasteiger charge is 2.29. The number of halogens is 2. The Morgan fingerprint density at radius 3 is 2.54 bits per heavy atom. The molecule has 2 aromatic rings. The minimum atomic E-state index is -3.22. The average molecular weight is 399 g/mol. The van der Waals surface area contributed by atoms with Crippen LogP contribution in [-0.2, 0) is 16.4 Å². The van der Waals surface area contributed by atoms with E-state index in [0.717, 1.165) is 36.1 Å². The molecule has 7 heteroatoms. The Kier molecular flexibility index (Phi) is 7.17. The SMILES string of the molecule is CCS(=O)(=O)N[C@H]1CCN[C@H]1Cc1cccc(-c2cccc(F)c2)c1.Cl. The molecule has 1 aliphatic rings. The van der Waals surface area contributed by atoms with Gasteiger partial charge >= 0.3 is 0 Å². The van der Waals surface area contributed by atoms with Crippen molar-refractivity contribution in [1.29, 1.82) is 0 Å². The van der Waals surface area contributed by atoms with E-state index < -0.39 is 10.0 Å². The summed E-state index contributed by atoms with van der Waals surface area (Å²) in [5, 5.41) is 3.38. The summed E-state index contributed by atoms with van der Waals surface area (Å²) in [7, 11) is -3.22. The number of sulfonamides is 1. The van der Waals surface area contributed by atoms with Crippen LogP contribution in [0.1, 0.15) is 18.9 Å². The van der Waals surface area contributed by atoms with Gasteiger partial charge in [0.1, 0.15) is 5.82 Å². The molecule has 2 N–H and O–H groups in total. The zero-order valence-corrected chi connectivity index (χ0v) is 16.2. The van der Waals surface area contributed by atoms with Crippen LogP contribution in [0.4, 0.5) is 4.39 Å². The Morgan fingerprint density at radius 2 is 1.85 bits per heavy atom. The van der Waals surface area contributed by atoms with Crippen LogP contribution in [0.25, 0.3) is 11.1 Å². The molecule has 0 spiro atoms. The zero-order chi connectivity index (χ0) is 17.9. The van der Waals surface area contributed by atoms with Crippen LogP contribution >= 0.6 is 12.4 Å². The first-order valence-electron chi connectivity index (χ1n) is 8.55. The largest absolute Gasteiger partial charge is 0.312 e. The number of rotatable bonds is 6. The highest BCUT2D eigenvalue weighted by atomic mass is 35.5. The molecule has 4 nitrogen and oxygen atoms in total. The van der Waals surface area contributed by atoms with Gasteiger partial charge in [-0.25, -0.2) is 17.5 Å². The molecule has 1 saturated heterocycles. The summed E-state index contributed by atoms with van der Waals surface area (Å²) >= 11 is 0. The quantitative estimate of drug-likeness (QED) is 0.786. The highest BCUT2D eigenvalue weighted by molar-refractivity contribution is 7.89. The lowest BCUT2D eigenvalue weighted by Crippen LogP contribution is -2.45. The normalized spacial score (nSPS) is 19.9. The van der Waals surface area contributed by atoms with Gasteiger partial charge in [-0.05, 0) is 55.1 Å². The third-order valence-electron chi connectivity index (χ3n) is 4.60. The summed E-state index contributed by atoms with van der Waals surface area (Å²) in [5.74, 6) is -0.167. The molecule has 0 unspecified atom stereocenters. The van der Waals surface area contributed by atoms with Gasteiger partial charge in [0.15, 0.2) is 0 Å². The standard InChI is InChI=1S/C19H23FN2O2S.ClH/c1-2-25(23,24)22-18-9-10-21-19(18)12-14-5-3-6-15(11-14)16-7-4-8-17(20)13-16;/h3-8,11,13,18-19,21-22H,2,9-10,12H2,1H3;1H/t18-,19-;/m0./s1. The maximum absolute atomic E-state index is 13.4. The van der Waals surface area contributed by atoms with E-state index in [1.807, 2.05) is 30.3 Å². The summed E-state index contributed by atoms with van der Waals surface area (Å²) in [6, 6.07) is 14.5. The lowest BCUT2D eigenvalue weighted by Gasteiger charge is -2.21. The van der Waals surface area contributed by atoms with E-state index in [2.05, 4.69) is 10.0 Å². The molecule has 0 aromatic heterocycles. The molecule has 2 aromatic carbocycles. The van der Waals surface area contributed by atoms with E-state index >= 15 is 0 Å². The first kappa shape index (κ1) is 20.8. The Morgan fingerprint density at radius 1 is 1.15 bits per heavy atom. The van der Waals surface area contributed by atoms with Gasteiger partial charge in [-0.3, -0.25) is 0 Å². The summed E-state index contributed by atoms with van der Waals surface area (Å²) in [4.78, 5) is 0. The molecule has 0 aliphatic carbocycles. The molecular weight excluding hydrogens is 375 g/mol. The van der Waals surface area contributed by atoms with Gasteiger partial charge in [0, 0.05) is 12.1 Å². The van der Waals surface area contributed by atoms with Crippen LogP contribution in [0.5, 0.6) is 0 Å². The van der Waals surface area contributed by atoms with E-state index in [0.29, 0.717) is 0 Å². The van der Waals surface area contributed by atoms with Crippen molar-refractivity contribution in [3.8, 4) is 11.1 Å². The molecule has 0 bridgehead atoms. The van der Waals surface area contributed by atoms with Crippen LogP contribution in [0.2, 0.25) is 0 Å². The minimum Gasteiger partial charge on any atom is -0.312 e. The Bertz CT molecular complexity index is 845. The van der Waals surface area contributed by atoms with E-state index in [-0.39, 0.29) is 36.1 Å². The third kappa shape index (κ3) is 5.27. The molecule has 3 rings (SSSR count). The van der Waals surface area contributed by atoms with E-state index in [1.54, 1.807) is 13.0 Å². The summed E-state index contributed by atoms with van der Waals surface area (Å²) in [5.41, 5.74) is 2.90. The van der Waals surface area contributed by atoms with Crippen molar-refractivity contribution in [3.63, 3.8) is 0 Å². The molecule has 0 amide bonds. The van der Waals surface area contributed by atoms with Gasteiger partial charge in [-0.1, -0.05) is 36.4 Å². The highest BCUT2D eigenvalue weighted by Crippen LogP contribution is 2.23. The third-order valence-corrected chi connectivity index (χ3v) is 6.02. The Labute approximate surface area is 160 Å². The second-order valence-corrected chi connectivity index (χ2v) is 8.43. The lowest BCUT2D eigenvalue weighted by molar-refractivity contribution is 0.492. The molecule has 0 saturated carbocycles. The second kappa shape index (κ2) is 8.95. The van der Waals surface area contributed by atoms with Gasteiger partial charge in [-0.15, -0.1) is 12.4 Å². The van der Waals surface area contributed by atoms with E-state index in [9.17, 15) is 12.8 Å². The number of hydrogen-bond acceptors (Lipinski definition) is 3. The minimum absolute atomic E-state index is 0. The predicted octanol–water partition coefficient (Wildman–Crippen LogP) is 3.13. The van der Waals surface area contributed by atoms with Crippen LogP contribution in [0, 0.1) is 5.82 Å². The van der Waals surface area contributed by atoms with Crippen molar-refractivity contribution >= 4 is 22.4 Å². The van der Waals surface area contributed by atoms with Gasteiger partial charge in [0.2, 0.25) is 10.0 Å². The number of benzene rings is 2. The lowest BCUT2D eigenvalue weighted by atomic mass is 9.97. The molecular formula is C19H24ClFN2O2S. The maximum Gasteiger partial charge on any atom is 0.211 e. The molecule has 26 heavy (non-hydrogen) atoms. The van der Waals surface area contributed by atoms with E-state index in [1.165, 1.54) is 12.1 Å². The molecule has 0 radical (unpaired) electrons. The summed E-state index contributed by atoms with van der Waals surface area (Å²) in [6.07, 6.45) is 1.51.